The molecule has 0 bridgehead atoms. The Morgan fingerprint density at radius 3 is 2.28 bits per heavy atom. The van der Waals surface area contributed by atoms with E-state index in [1.165, 1.54) is 11.3 Å². The fourth-order valence-corrected chi connectivity index (χ4v) is 2.96. The number of hydrogen-bond acceptors (Lipinski definition) is 2. The summed E-state index contributed by atoms with van der Waals surface area (Å²) < 4.78 is 28.0. The van der Waals surface area contributed by atoms with E-state index in [0.717, 1.165) is 15.9 Å². The van der Waals surface area contributed by atoms with Gasteiger partial charge in [0.1, 0.15) is 5.69 Å². The van der Waals surface area contributed by atoms with Crippen LogP contribution in [0.25, 0.3) is 0 Å². The normalized spacial score (nSPS) is 10.4. The number of rotatable bonds is 2. The molecular formula is C11H5Br2F2NOS. The molecule has 94 valence electrons. The quantitative estimate of drug-likeness (QED) is 0.775. The van der Waals surface area contributed by atoms with Gasteiger partial charge in [0.25, 0.3) is 5.91 Å². The summed E-state index contributed by atoms with van der Waals surface area (Å²) in [5, 5.41) is 2.22. The Balaban J connectivity index is 2.27. The van der Waals surface area contributed by atoms with Crippen LogP contribution in [0.2, 0.25) is 0 Å². The molecule has 7 heteroatoms. The van der Waals surface area contributed by atoms with E-state index in [9.17, 15) is 13.6 Å². The van der Waals surface area contributed by atoms with E-state index < -0.39 is 23.2 Å². The lowest BCUT2D eigenvalue weighted by atomic mass is 10.3. The van der Waals surface area contributed by atoms with Crippen LogP contribution in [0, 0.1) is 11.6 Å². The smallest absolute Gasteiger partial charge is 0.265 e. The molecule has 0 unspecified atom stereocenters. The van der Waals surface area contributed by atoms with Gasteiger partial charge >= 0.3 is 0 Å². The molecule has 1 N–H and O–H groups in total. The van der Waals surface area contributed by atoms with Crippen LogP contribution in [-0.4, -0.2) is 5.91 Å². The molecular weight excluding hydrogens is 392 g/mol. The van der Waals surface area contributed by atoms with Crippen molar-refractivity contribution < 1.29 is 13.6 Å². The van der Waals surface area contributed by atoms with E-state index in [0.29, 0.717) is 4.88 Å². The third kappa shape index (κ3) is 2.96. The van der Waals surface area contributed by atoms with Crippen molar-refractivity contribution in [3.8, 4) is 0 Å². The lowest BCUT2D eigenvalue weighted by Gasteiger charge is -2.06. The van der Waals surface area contributed by atoms with Gasteiger partial charge in [-0.2, -0.15) is 0 Å². The molecule has 0 aliphatic heterocycles. The van der Waals surface area contributed by atoms with Crippen LogP contribution in [0.5, 0.6) is 0 Å². The summed E-state index contributed by atoms with van der Waals surface area (Å²) in [7, 11) is 0. The Morgan fingerprint density at radius 1 is 1.17 bits per heavy atom. The van der Waals surface area contributed by atoms with Gasteiger partial charge in [0.2, 0.25) is 0 Å². The Kier molecular flexibility index (Phi) is 4.14. The first kappa shape index (κ1) is 13.6. The average Bonchev–Trinajstić information content (AvgIpc) is 2.70. The van der Waals surface area contributed by atoms with Gasteiger partial charge in [-0.1, -0.05) is 15.9 Å². The number of nitrogens with one attached hydrogen (secondary N) is 1. The van der Waals surface area contributed by atoms with Crippen molar-refractivity contribution in [3.05, 3.63) is 49.0 Å². The van der Waals surface area contributed by atoms with Gasteiger partial charge in [0.15, 0.2) is 11.6 Å². The number of amides is 1. The monoisotopic (exact) mass is 395 g/mol. The predicted octanol–water partition coefficient (Wildman–Crippen LogP) is 4.80. The Hall–Kier alpha value is -0.790. The number of benzene rings is 1. The standard InChI is InChI=1S/C11H5Br2F2NOS/c12-5-3-6(14)10(7(15)4-5)16-11(17)8-1-2-9(13)18-8/h1-4H,(H,16,17). The Bertz CT molecular complexity index is 592. The lowest BCUT2D eigenvalue weighted by molar-refractivity contribution is 0.102. The zero-order valence-electron chi connectivity index (χ0n) is 8.64. The zero-order chi connectivity index (χ0) is 13.3. The van der Waals surface area contributed by atoms with Crippen molar-refractivity contribution in [2.45, 2.75) is 0 Å². The highest BCUT2D eigenvalue weighted by molar-refractivity contribution is 9.11. The van der Waals surface area contributed by atoms with Crippen molar-refractivity contribution in [2.24, 2.45) is 0 Å². The first-order valence-electron chi connectivity index (χ1n) is 4.68. The summed E-state index contributed by atoms with van der Waals surface area (Å²) in [4.78, 5) is 12.1. The fraction of sp³-hybridized carbons (Fsp3) is 0. The molecule has 0 fully saturated rings. The van der Waals surface area contributed by atoms with Crippen molar-refractivity contribution in [2.75, 3.05) is 5.32 Å². The van der Waals surface area contributed by atoms with E-state index in [4.69, 9.17) is 0 Å². The van der Waals surface area contributed by atoms with Gasteiger partial charge in [0.05, 0.1) is 8.66 Å². The first-order valence-corrected chi connectivity index (χ1v) is 7.09. The van der Waals surface area contributed by atoms with Crippen LogP contribution in [-0.2, 0) is 0 Å². The lowest BCUT2D eigenvalue weighted by Crippen LogP contribution is -2.12. The second-order valence-electron chi connectivity index (χ2n) is 3.30. The minimum absolute atomic E-state index is 0.273. The molecule has 1 heterocycles. The minimum Gasteiger partial charge on any atom is -0.316 e. The van der Waals surface area contributed by atoms with Crippen molar-refractivity contribution in [1.29, 1.82) is 0 Å². The number of hydrogen-bond donors (Lipinski definition) is 1. The van der Waals surface area contributed by atoms with E-state index in [1.54, 1.807) is 12.1 Å². The van der Waals surface area contributed by atoms with Crippen molar-refractivity contribution >= 4 is 54.8 Å². The molecule has 18 heavy (non-hydrogen) atoms. The number of halogens is 4. The summed E-state index contributed by atoms with van der Waals surface area (Å²) in [6, 6.07) is 5.43. The number of anilines is 1. The van der Waals surface area contributed by atoms with Crippen LogP contribution in [0.15, 0.2) is 32.5 Å². The number of carbonyl (C=O) groups is 1. The van der Waals surface area contributed by atoms with Crippen LogP contribution in [0.3, 0.4) is 0 Å². The topological polar surface area (TPSA) is 29.1 Å². The van der Waals surface area contributed by atoms with E-state index in [2.05, 4.69) is 37.2 Å². The molecule has 0 radical (unpaired) electrons. The van der Waals surface area contributed by atoms with Gasteiger partial charge in [-0.3, -0.25) is 4.79 Å². The van der Waals surface area contributed by atoms with Crippen LogP contribution in [0.4, 0.5) is 14.5 Å². The second kappa shape index (κ2) is 5.46. The summed E-state index contributed by atoms with van der Waals surface area (Å²) in [5.41, 5.74) is -0.451. The second-order valence-corrected chi connectivity index (χ2v) is 6.68. The molecule has 0 saturated heterocycles. The van der Waals surface area contributed by atoms with Crippen LogP contribution in [0.1, 0.15) is 9.67 Å². The maximum absolute atomic E-state index is 13.5. The van der Waals surface area contributed by atoms with Crippen LogP contribution >= 0.6 is 43.2 Å². The third-order valence-electron chi connectivity index (χ3n) is 2.04. The van der Waals surface area contributed by atoms with Crippen molar-refractivity contribution in [3.63, 3.8) is 0 Å². The molecule has 1 amide bonds. The van der Waals surface area contributed by atoms with E-state index in [1.807, 2.05) is 0 Å². The minimum atomic E-state index is -0.828. The highest BCUT2D eigenvalue weighted by Crippen LogP contribution is 2.26. The number of carbonyl (C=O) groups excluding carboxylic acids is 1. The Labute approximate surface area is 122 Å². The predicted molar refractivity (Wildman–Crippen MR) is 74.0 cm³/mol. The molecule has 2 nitrogen and oxygen atoms in total. The Morgan fingerprint density at radius 2 is 1.78 bits per heavy atom. The van der Waals surface area contributed by atoms with Gasteiger partial charge in [-0.15, -0.1) is 11.3 Å². The van der Waals surface area contributed by atoms with Gasteiger partial charge in [-0.05, 0) is 40.2 Å². The van der Waals surface area contributed by atoms with E-state index in [-0.39, 0.29) is 4.47 Å². The van der Waals surface area contributed by atoms with Gasteiger partial charge in [0, 0.05) is 4.47 Å². The van der Waals surface area contributed by atoms with Crippen molar-refractivity contribution in [1.82, 2.24) is 0 Å². The molecule has 0 aliphatic rings. The van der Waals surface area contributed by atoms with Gasteiger partial charge < -0.3 is 5.32 Å². The fourth-order valence-electron chi connectivity index (χ4n) is 1.27. The number of thiophene rings is 1. The first-order chi connectivity index (χ1) is 8.47. The highest BCUT2D eigenvalue weighted by Gasteiger charge is 2.15. The summed E-state index contributed by atoms with van der Waals surface area (Å²) in [6.07, 6.45) is 0. The summed E-state index contributed by atoms with van der Waals surface area (Å²) >= 11 is 7.35. The average molecular weight is 397 g/mol. The molecule has 0 saturated carbocycles. The molecule has 1 aromatic carbocycles. The van der Waals surface area contributed by atoms with Crippen LogP contribution < -0.4 is 5.32 Å². The highest BCUT2D eigenvalue weighted by atomic mass is 79.9. The molecule has 0 spiro atoms. The third-order valence-corrected chi connectivity index (χ3v) is 4.12. The maximum atomic E-state index is 13.5. The SMILES string of the molecule is O=C(Nc1c(F)cc(Br)cc1F)c1ccc(Br)s1. The maximum Gasteiger partial charge on any atom is 0.265 e. The van der Waals surface area contributed by atoms with Gasteiger partial charge in [-0.25, -0.2) is 8.78 Å². The zero-order valence-corrected chi connectivity index (χ0v) is 12.6. The largest absolute Gasteiger partial charge is 0.316 e. The van der Waals surface area contributed by atoms with E-state index >= 15 is 0 Å². The summed E-state index contributed by atoms with van der Waals surface area (Å²) in [5.74, 6) is -2.21. The molecule has 2 rings (SSSR count). The molecule has 0 aliphatic carbocycles. The summed E-state index contributed by atoms with van der Waals surface area (Å²) in [6.45, 7) is 0. The molecule has 2 aromatic rings. The molecule has 0 atom stereocenters. The molecule has 1 aromatic heterocycles.